The normalized spacial score (nSPS) is 15.6. The van der Waals surface area contributed by atoms with E-state index in [9.17, 15) is 9.59 Å². The molecule has 88 valence electrons. The van der Waals surface area contributed by atoms with Crippen LogP contribution in [-0.4, -0.2) is 34.9 Å². The molecule has 1 aromatic rings. The van der Waals surface area contributed by atoms with Crippen molar-refractivity contribution in [2.24, 2.45) is 5.73 Å². The number of hydrogen-bond donors (Lipinski definition) is 2. The van der Waals surface area contributed by atoms with Crippen LogP contribution in [0.1, 0.15) is 5.56 Å². The summed E-state index contributed by atoms with van der Waals surface area (Å²) in [7, 11) is 0. The number of amides is 2. The Hall–Kier alpha value is -2.02. The van der Waals surface area contributed by atoms with Crippen molar-refractivity contribution in [2.75, 3.05) is 18.0 Å². The van der Waals surface area contributed by atoms with E-state index in [1.54, 1.807) is 23.2 Å². The first-order valence-corrected chi connectivity index (χ1v) is 5.30. The van der Waals surface area contributed by atoms with Gasteiger partial charge in [-0.3, -0.25) is 14.9 Å². The summed E-state index contributed by atoms with van der Waals surface area (Å²) in [5, 5.41) is 2.22. The van der Waals surface area contributed by atoms with Gasteiger partial charge in [0.25, 0.3) is 0 Å². The molecule has 2 amide bonds. The van der Waals surface area contributed by atoms with Crippen LogP contribution in [0.25, 0.3) is 0 Å². The van der Waals surface area contributed by atoms with Crippen LogP contribution in [0.2, 0.25) is 0 Å². The zero-order valence-electron chi connectivity index (χ0n) is 8.84. The van der Waals surface area contributed by atoms with Gasteiger partial charge in [0, 0.05) is 11.8 Å². The van der Waals surface area contributed by atoms with Crippen molar-refractivity contribution in [1.82, 2.24) is 10.3 Å². The van der Waals surface area contributed by atoms with E-state index in [0.29, 0.717) is 11.4 Å². The predicted molar refractivity (Wildman–Crippen MR) is 65.5 cm³/mol. The zero-order valence-corrected chi connectivity index (χ0v) is 9.66. The molecule has 2 rings (SSSR count). The molecule has 0 bridgehead atoms. The number of nitrogens with zero attached hydrogens (tertiary/aromatic N) is 2. The number of carbonyl (C=O) groups excluding carboxylic acids is 2. The molecule has 0 aliphatic carbocycles. The first-order valence-electron chi connectivity index (χ1n) is 4.90. The molecule has 0 aromatic carbocycles. The molecule has 17 heavy (non-hydrogen) atoms. The molecule has 7 heteroatoms. The van der Waals surface area contributed by atoms with Crippen LogP contribution < -0.4 is 16.0 Å². The summed E-state index contributed by atoms with van der Waals surface area (Å²) in [5.74, 6) is -0.175. The second-order valence-electron chi connectivity index (χ2n) is 3.59. The molecule has 1 saturated heterocycles. The van der Waals surface area contributed by atoms with Crippen LogP contribution in [0.3, 0.4) is 0 Å². The van der Waals surface area contributed by atoms with Crippen molar-refractivity contribution < 1.29 is 9.59 Å². The number of nitrogens with two attached hydrogens (primary N) is 1. The van der Waals surface area contributed by atoms with Gasteiger partial charge in [-0.1, -0.05) is 12.2 Å². The minimum Gasteiger partial charge on any atom is -0.389 e. The second kappa shape index (κ2) is 4.46. The van der Waals surface area contributed by atoms with Crippen LogP contribution in [0.5, 0.6) is 0 Å². The number of anilines is 1. The van der Waals surface area contributed by atoms with Crippen molar-refractivity contribution in [1.29, 1.82) is 0 Å². The molecule has 1 fully saturated rings. The molecule has 6 nitrogen and oxygen atoms in total. The van der Waals surface area contributed by atoms with Gasteiger partial charge in [-0.15, -0.1) is 0 Å². The smallest absolute Gasteiger partial charge is 0.246 e. The van der Waals surface area contributed by atoms with E-state index in [1.165, 1.54) is 0 Å². The molecule has 1 aliphatic heterocycles. The third-order valence-corrected chi connectivity index (χ3v) is 2.54. The van der Waals surface area contributed by atoms with Crippen molar-refractivity contribution in [2.45, 2.75) is 0 Å². The highest BCUT2D eigenvalue weighted by Crippen LogP contribution is 2.13. The van der Waals surface area contributed by atoms with Gasteiger partial charge in [0.2, 0.25) is 11.8 Å². The largest absolute Gasteiger partial charge is 0.389 e. The van der Waals surface area contributed by atoms with E-state index in [1.807, 2.05) is 0 Å². The van der Waals surface area contributed by atoms with Gasteiger partial charge in [-0.2, -0.15) is 0 Å². The number of nitrogens with one attached hydrogen (secondary N) is 1. The number of imide groups is 1. The lowest BCUT2D eigenvalue weighted by atomic mass is 10.2. The molecule has 0 saturated carbocycles. The summed E-state index contributed by atoms with van der Waals surface area (Å²) in [4.78, 5) is 28.4. The highest BCUT2D eigenvalue weighted by Gasteiger charge is 2.23. The Bertz CT molecular complexity index is 487. The van der Waals surface area contributed by atoms with Crippen LogP contribution in [-0.2, 0) is 9.59 Å². The lowest BCUT2D eigenvalue weighted by Gasteiger charge is -2.26. The minimum absolute atomic E-state index is 0.0968. The molecule has 0 spiro atoms. The third kappa shape index (κ3) is 2.56. The van der Waals surface area contributed by atoms with Crippen LogP contribution in [0, 0.1) is 0 Å². The molecular formula is C10H10N4O2S. The Morgan fingerprint density at radius 3 is 2.65 bits per heavy atom. The number of aromatic nitrogens is 1. The SMILES string of the molecule is NC(=S)c1ccnc(N2CC(=O)NC(=O)C2)c1. The highest BCUT2D eigenvalue weighted by atomic mass is 32.1. The Morgan fingerprint density at radius 1 is 1.41 bits per heavy atom. The quantitative estimate of drug-likeness (QED) is 0.526. The average Bonchev–Trinajstić information content (AvgIpc) is 2.28. The highest BCUT2D eigenvalue weighted by molar-refractivity contribution is 7.80. The fourth-order valence-electron chi connectivity index (χ4n) is 1.54. The van der Waals surface area contributed by atoms with Gasteiger partial charge in [-0.25, -0.2) is 4.98 Å². The summed E-state index contributed by atoms with van der Waals surface area (Å²) < 4.78 is 0. The van der Waals surface area contributed by atoms with E-state index in [0.717, 1.165) is 0 Å². The monoisotopic (exact) mass is 250 g/mol. The summed E-state index contributed by atoms with van der Waals surface area (Å²) in [6, 6.07) is 3.34. The van der Waals surface area contributed by atoms with Gasteiger partial charge in [0.15, 0.2) is 0 Å². The maximum atomic E-state index is 11.2. The van der Waals surface area contributed by atoms with Gasteiger partial charge >= 0.3 is 0 Å². The maximum Gasteiger partial charge on any atom is 0.246 e. The minimum atomic E-state index is -0.344. The van der Waals surface area contributed by atoms with Crippen molar-refractivity contribution in [3.8, 4) is 0 Å². The van der Waals surface area contributed by atoms with Crippen LogP contribution in [0.15, 0.2) is 18.3 Å². The maximum absolute atomic E-state index is 11.2. The number of piperazine rings is 1. The fourth-order valence-corrected chi connectivity index (χ4v) is 1.67. The lowest BCUT2D eigenvalue weighted by Crippen LogP contribution is -2.51. The standard InChI is InChI=1S/C10H10N4O2S/c11-10(17)6-1-2-12-7(3-6)14-4-8(15)13-9(16)5-14/h1-3H,4-5H2,(H2,11,17)(H,13,15,16). The van der Waals surface area contributed by atoms with E-state index >= 15 is 0 Å². The Morgan fingerprint density at radius 2 is 2.06 bits per heavy atom. The summed E-state index contributed by atoms with van der Waals surface area (Å²) in [6.45, 7) is 0.194. The lowest BCUT2D eigenvalue weighted by molar-refractivity contribution is -0.130. The second-order valence-corrected chi connectivity index (χ2v) is 4.03. The van der Waals surface area contributed by atoms with E-state index in [4.69, 9.17) is 18.0 Å². The van der Waals surface area contributed by atoms with Crippen molar-refractivity contribution in [3.05, 3.63) is 23.9 Å². The fraction of sp³-hybridized carbons (Fsp3) is 0.200. The van der Waals surface area contributed by atoms with Gasteiger partial charge in [0.1, 0.15) is 10.8 Å². The molecule has 0 radical (unpaired) electrons. The number of rotatable bonds is 2. The summed E-state index contributed by atoms with van der Waals surface area (Å²) in [6.07, 6.45) is 1.54. The Kier molecular flexibility index (Phi) is 3.01. The molecule has 1 aliphatic rings. The van der Waals surface area contributed by atoms with Crippen molar-refractivity contribution in [3.63, 3.8) is 0 Å². The molecule has 2 heterocycles. The Balaban J connectivity index is 2.27. The van der Waals surface area contributed by atoms with E-state index in [-0.39, 0.29) is 29.9 Å². The molecule has 0 unspecified atom stereocenters. The first kappa shape index (κ1) is 11.5. The molecule has 1 aromatic heterocycles. The van der Waals surface area contributed by atoms with Gasteiger partial charge in [-0.05, 0) is 12.1 Å². The average molecular weight is 250 g/mol. The zero-order chi connectivity index (χ0) is 12.4. The van der Waals surface area contributed by atoms with Gasteiger partial charge in [0.05, 0.1) is 13.1 Å². The van der Waals surface area contributed by atoms with Crippen LogP contribution >= 0.6 is 12.2 Å². The number of carbonyl (C=O) groups is 2. The Labute approximate surface area is 103 Å². The van der Waals surface area contributed by atoms with E-state index in [2.05, 4.69) is 10.3 Å². The first-order chi connectivity index (χ1) is 8.06. The van der Waals surface area contributed by atoms with Crippen molar-refractivity contribution >= 4 is 34.8 Å². The number of pyridine rings is 1. The van der Waals surface area contributed by atoms with E-state index < -0.39 is 0 Å². The summed E-state index contributed by atoms with van der Waals surface area (Å²) >= 11 is 4.85. The third-order valence-electron chi connectivity index (χ3n) is 2.30. The van der Waals surface area contributed by atoms with Gasteiger partial charge < -0.3 is 10.6 Å². The number of hydrogen-bond acceptors (Lipinski definition) is 5. The molecular weight excluding hydrogens is 240 g/mol. The number of thiocarbonyl (C=S) groups is 1. The molecule has 0 atom stereocenters. The van der Waals surface area contributed by atoms with Crippen LogP contribution in [0.4, 0.5) is 5.82 Å². The molecule has 3 N–H and O–H groups in total. The summed E-state index contributed by atoms with van der Waals surface area (Å²) in [5.41, 5.74) is 6.16. The predicted octanol–water partition coefficient (Wildman–Crippen LogP) is -0.821. The topological polar surface area (TPSA) is 88.3 Å².